The van der Waals surface area contributed by atoms with Gasteiger partial charge in [-0.15, -0.1) is 16.8 Å². The third-order valence-corrected chi connectivity index (χ3v) is 5.02. The topological polar surface area (TPSA) is 49.2 Å². The number of ether oxygens (including phenoxy) is 2. The number of aromatic nitrogens is 3. The van der Waals surface area contributed by atoms with Crippen LogP contribution in [-0.4, -0.2) is 21.9 Å². The molecule has 0 aliphatic heterocycles. The van der Waals surface area contributed by atoms with Crippen LogP contribution < -0.4 is 9.47 Å². The Kier molecular flexibility index (Phi) is 6.54. The molecule has 3 aromatic rings. The first-order chi connectivity index (χ1) is 13.2. The van der Waals surface area contributed by atoms with Crippen molar-refractivity contribution in [1.82, 2.24) is 14.8 Å². The fraction of sp³-hybridized carbons (Fsp3) is 0.238. The Morgan fingerprint density at radius 1 is 1.11 bits per heavy atom. The zero-order chi connectivity index (χ0) is 19.1. The zero-order valence-corrected chi connectivity index (χ0v) is 16.4. The Morgan fingerprint density at radius 3 is 2.59 bits per heavy atom. The molecule has 0 aliphatic carbocycles. The molecular formula is C21H23N3O2S. The van der Waals surface area contributed by atoms with Gasteiger partial charge in [0.15, 0.2) is 11.0 Å². The number of hydrogen-bond acceptors (Lipinski definition) is 5. The van der Waals surface area contributed by atoms with Gasteiger partial charge in [0.25, 0.3) is 0 Å². The molecule has 0 N–H and O–H groups in total. The van der Waals surface area contributed by atoms with E-state index in [9.17, 15) is 0 Å². The molecule has 0 amide bonds. The molecule has 0 saturated heterocycles. The van der Waals surface area contributed by atoms with Crippen LogP contribution in [0.3, 0.4) is 0 Å². The maximum atomic E-state index is 5.85. The smallest absolute Gasteiger partial charge is 0.191 e. The largest absolute Gasteiger partial charge is 0.497 e. The number of thioether (sulfide) groups is 1. The first kappa shape index (κ1) is 19.0. The molecule has 3 rings (SSSR count). The van der Waals surface area contributed by atoms with Crippen LogP contribution >= 0.6 is 11.8 Å². The van der Waals surface area contributed by atoms with E-state index >= 15 is 0 Å². The highest BCUT2D eigenvalue weighted by atomic mass is 32.2. The summed E-state index contributed by atoms with van der Waals surface area (Å²) in [4.78, 5) is 0. The van der Waals surface area contributed by atoms with Gasteiger partial charge < -0.3 is 9.47 Å². The first-order valence-electron chi connectivity index (χ1n) is 8.67. The minimum absolute atomic E-state index is 0.345. The van der Waals surface area contributed by atoms with Gasteiger partial charge in [-0.3, -0.25) is 4.57 Å². The van der Waals surface area contributed by atoms with Gasteiger partial charge in [-0.2, -0.15) is 0 Å². The second-order valence-electron chi connectivity index (χ2n) is 6.04. The Bertz CT molecular complexity index is 891. The molecule has 1 aromatic heterocycles. The molecule has 1 heterocycles. The van der Waals surface area contributed by atoms with Crippen molar-refractivity contribution >= 4 is 11.8 Å². The summed E-state index contributed by atoms with van der Waals surface area (Å²) in [6.07, 6.45) is 1.84. The van der Waals surface area contributed by atoms with Crippen molar-refractivity contribution in [2.75, 3.05) is 7.11 Å². The molecule has 0 bridgehead atoms. The standard InChI is InChI=1S/C21H23N3O2S/c1-4-12-24-20(14-26-19-10-8-18(25-3)9-11-19)22-23-21(24)27-15-17-7-5-6-16(2)13-17/h4-11,13H,1,12,14-15H2,2-3H3. The highest BCUT2D eigenvalue weighted by molar-refractivity contribution is 7.98. The average molecular weight is 382 g/mol. The van der Waals surface area contributed by atoms with Crippen LogP contribution in [0.4, 0.5) is 0 Å². The molecule has 2 aromatic carbocycles. The monoisotopic (exact) mass is 381 g/mol. The van der Waals surface area contributed by atoms with Crippen molar-refractivity contribution in [2.45, 2.75) is 31.0 Å². The normalized spacial score (nSPS) is 10.6. The first-order valence-corrected chi connectivity index (χ1v) is 9.66. The molecule has 0 saturated carbocycles. The van der Waals surface area contributed by atoms with Gasteiger partial charge in [-0.05, 0) is 36.8 Å². The molecule has 0 aliphatic rings. The summed E-state index contributed by atoms with van der Waals surface area (Å²) in [6, 6.07) is 16.0. The summed E-state index contributed by atoms with van der Waals surface area (Å²) in [5, 5.41) is 9.51. The van der Waals surface area contributed by atoms with E-state index < -0.39 is 0 Å². The molecule has 0 radical (unpaired) electrons. The van der Waals surface area contributed by atoms with Crippen molar-refractivity contribution in [3.8, 4) is 11.5 Å². The van der Waals surface area contributed by atoms with Gasteiger partial charge in [0.2, 0.25) is 0 Å². The highest BCUT2D eigenvalue weighted by Crippen LogP contribution is 2.23. The van der Waals surface area contributed by atoms with E-state index in [0.717, 1.165) is 28.2 Å². The molecule has 140 valence electrons. The quantitative estimate of drug-likeness (QED) is 0.399. The zero-order valence-electron chi connectivity index (χ0n) is 15.6. The molecule has 27 heavy (non-hydrogen) atoms. The number of aryl methyl sites for hydroxylation is 1. The summed E-state index contributed by atoms with van der Waals surface area (Å²) in [6.45, 7) is 6.93. The summed E-state index contributed by atoms with van der Waals surface area (Å²) in [7, 11) is 1.64. The second kappa shape index (κ2) is 9.28. The molecule has 6 heteroatoms. The van der Waals surface area contributed by atoms with E-state index in [4.69, 9.17) is 9.47 Å². The molecule has 0 fully saturated rings. The van der Waals surface area contributed by atoms with Crippen LogP contribution in [-0.2, 0) is 18.9 Å². The van der Waals surface area contributed by atoms with E-state index in [0.29, 0.717) is 13.2 Å². The lowest BCUT2D eigenvalue weighted by Crippen LogP contribution is -2.07. The lowest BCUT2D eigenvalue weighted by atomic mass is 10.2. The van der Waals surface area contributed by atoms with Crippen LogP contribution in [0.2, 0.25) is 0 Å². The number of allylic oxidation sites excluding steroid dienone is 1. The fourth-order valence-corrected chi connectivity index (χ4v) is 3.52. The summed E-state index contributed by atoms with van der Waals surface area (Å²) >= 11 is 1.67. The van der Waals surface area contributed by atoms with E-state index in [1.165, 1.54) is 11.1 Å². The predicted octanol–water partition coefficient (Wildman–Crippen LogP) is 4.65. The fourth-order valence-electron chi connectivity index (χ4n) is 2.61. The highest BCUT2D eigenvalue weighted by Gasteiger charge is 2.12. The molecule has 5 nitrogen and oxygen atoms in total. The minimum atomic E-state index is 0.345. The van der Waals surface area contributed by atoms with Crippen LogP contribution in [0.25, 0.3) is 0 Å². The van der Waals surface area contributed by atoms with Gasteiger partial charge in [-0.25, -0.2) is 0 Å². The van der Waals surface area contributed by atoms with Gasteiger partial charge in [-0.1, -0.05) is 47.7 Å². The lowest BCUT2D eigenvalue weighted by Gasteiger charge is -2.10. The molecule has 0 unspecified atom stereocenters. The summed E-state index contributed by atoms with van der Waals surface area (Å²) in [5.74, 6) is 3.18. The Balaban J connectivity index is 1.67. The predicted molar refractivity (Wildman–Crippen MR) is 108 cm³/mol. The van der Waals surface area contributed by atoms with Crippen molar-refractivity contribution < 1.29 is 9.47 Å². The number of rotatable bonds is 9. The SMILES string of the molecule is C=CCn1c(COc2ccc(OC)cc2)nnc1SCc1cccc(C)c1. The molecule has 0 spiro atoms. The summed E-state index contributed by atoms with van der Waals surface area (Å²) < 4.78 is 13.0. The molecule has 0 atom stereocenters. The van der Waals surface area contributed by atoms with Crippen LogP contribution in [0, 0.1) is 6.92 Å². The van der Waals surface area contributed by atoms with Crippen LogP contribution in [0.5, 0.6) is 11.5 Å². The third-order valence-electron chi connectivity index (χ3n) is 3.98. The number of hydrogen-bond donors (Lipinski definition) is 0. The van der Waals surface area contributed by atoms with E-state index in [1.54, 1.807) is 18.9 Å². The van der Waals surface area contributed by atoms with Crippen molar-refractivity contribution in [1.29, 1.82) is 0 Å². The van der Waals surface area contributed by atoms with Crippen molar-refractivity contribution in [2.24, 2.45) is 0 Å². The Hall–Kier alpha value is -2.73. The maximum absolute atomic E-state index is 5.85. The van der Waals surface area contributed by atoms with Crippen LogP contribution in [0.15, 0.2) is 66.3 Å². The molecular weight excluding hydrogens is 358 g/mol. The lowest BCUT2D eigenvalue weighted by molar-refractivity contribution is 0.288. The van der Waals surface area contributed by atoms with Crippen LogP contribution in [0.1, 0.15) is 17.0 Å². The third kappa shape index (κ3) is 5.14. The van der Waals surface area contributed by atoms with Crippen molar-refractivity contribution in [3.05, 3.63) is 78.1 Å². The number of benzene rings is 2. The Labute approximate surface area is 164 Å². The van der Waals surface area contributed by atoms with E-state index in [1.807, 2.05) is 34.9 Å². The maximum Gasteiger partial charge on any atom is 0.191 e. The van der Waals surface area contributed by atoms with Gasteiger partial charge in [0.1, 0.15) is 18.1 Å². The number of methoxy groups -OCH3 is 1. The van der Waals surface area contributed by atoms with Gasteiger partial charge >= 0.3 is 0 Å². The summed E-state index contributed by atoms with van der Waals surface area (Å²) in [5.41, 5.74) is 2.53. The van der Waals surface area contributed by atoms with Crippen molar-refractivity contribution in [3.63, 3.8) is 0 Å². The van der Waals surface area contributed by atoms with Gasteiger partial charge in [0.05, 0.1) is 7.11 Å². The van der Waals surface area contributed by atoms with E-state index in [2.05, 4.69) is 48.0 Å². The number of nitrogens with zero attached hydrogens (tertiary/aromatic N) is 3. The Morgan fingerprint density at radius 2 is 1.89 bits per heavy atom. The van der Waals surface area contributed by atoms with Gasteiger partial charge in [0, 0.05) is 12.3 Å². The minimum Gasteiger partial charge on any atom is -0.497 e. The average Bonchev–Trinajstić information content (AvgIpc) is 3.07. The second-order valence-corrected chi connectivity index (χ2v) is 6.98. The van der Waals surface area contributed by atoms with E-state index in [-0.39, 0.29) is 0 Å².